The Bertz CT molecular complexity index is 1550. The quantitative estimate of drug-likeness (QED) is 0.298. The number of carbonyl (C=O) groups excluding carboxylic acids is 1. The van der Waals surface area contributed by atoms with E-state index in [0.29, 0.717) is 30.7 Å². The van der Waals surface area contributed by atoms with Gasteiger partial charge in [0.25, 0.3) is 0 Å². The first-order chi connectivity index (χ1) is 17.7. The summed E-state index contributed by atoms with van der Waals surface area (Å²) in [6.07, 6.45) is 0. The third-order valence-corrected chi connectivity index (χ3v) is 7.08. The number of aromatic nitrogens is 3. The van der Waals surface area contributed by atoms with Gasteiger partial charge in [-0.2, -0.15) is 0 Å². The number of aryl methyl sites for hydroxylation is 1. The molecule has 180 valence electrons. The van der Waals surface area contributed by atoms with Crippen molar-refractivity contribution in [3.63, 3.8) is 0 Å². The number of pyridine rings is 1. The van der Waals surface area contributed by atoms with E-state index in [1.165, 1.54) is 11.8 Å². The summed E-state index contributed by atoms with van der Waals surface area (Å²) in [4.78, 5) is 15.3. The molecule has 0 saturated carbocycles. The minimum Gasteiger partial charge on any atom is -0.486 e. The van der Waals surface area contributed by atoms with Crippen molar-refractivity contribution in [2.24, 2.45) is 0 Å². The van der Waals surface area contributed by atoms with Crippen molar-refractivity contribution in [2.75, 3.05) is 23.9 Å². The molecule has 1 aliphatic rings. The highest BCUT2D eigenvalue weighted by Crippen LogP contribution is 2.36. The van der Waals surface area contributed by atoms with Gasteiger partial charge in [-0.3, -0.25) is 9.20 Å². The molecule has 0 unspecified atom stereocenters. The fraction of sp³-hybridized carbons (Fsp3) is 0.179. The maximum atomic E-state index is 13.5. The van der Waals surface area contributed by atoms with Crippen molar-refractivity contribution in [2.45, 2.75) is 18.6 Å². The van der Waals surface area contributed by atoms with Crippen LogP contribution in [0.1, 0.15) is 11.1 Å². The van der Waals surface area contributed by atoms with Crippen molar-refractivity contribution in [1.29, 1.82) is 0 Å². The Balaban J connectivity index is 1.32. The number of hydrogen-bond donors (Lipinski definition) is 0. The average Bonchev–Trinajstić information content (AvgIpc) is 3.35. The molecule has 36 heavy (non-hydrogen) atoms. The molecule has 1 aliphatic heterocycles. The lowest BCUT2D eigenvalue weighted by Crippen LogP contribution is -2.31. The molecular weight excluding hydrogens is 472 g/mol. The molecule has 0 radical (unpaired) electrons. The standard InChI is InChI=1S/C28H24N4O3S/c1-19-14-21-15-24-25(35-13-12-34-24)16-23(21)32-27(19)29-30-28(32)36-18-26(33)31(22-10-6-3-7-11-22)17-20-8-4-2-5-9-20/h2-11,14-16H,12-13,17-18H2,1H3. The number of nitrogens with zero attached hydrogens (tertiary/aromatic N) is 4. The van der Waals surface area contributed by atoms with Gasteiger partial charge in [0.05, 0.1) is 17.8 Å². The normalized spacial score (nSPS) is 12.7. The van der Waals surface area contributed by atoms with Crippen LogP contribution in [0.2, 0.25) is 0 Å². The van der Waals surface area contributed by atoms with Crippen LogP contribution in [0.3, 0.4) is 0 Å². The third-order valence-electron chi connectivity index (χ3n) is 6.17. The van der Waals surface area contributed by atoms with Gasteiger partial charge in [0.1, 0.15) is 13.2 Å². The van der Waals surface area contributed by atoms with Gasteiger partial charge in [0.15, 0.2) is 22.3 Å². The number of amides is 1. The van der Waals surface area contributed by atoms with Crippen LogP contribution < -0.4 is 14.4 Å². The van der Waals surface area contributed by atoms with Crippen molar-refractivity contribution in [1.82, 2.24) is 14.6 Å². The molecule has 2 aromatic heterocycles. The van der Waals surface area contributed by atoms with Crippen molar-refractivity contribution < 1.29 is 14.3 Å². The number of fused-ring (bicyclic) bond motifs is 4. The molecule has 1 amide bonds. The minimum absolute atomic E-state index is 0.00197. The highest BCUT2D eigenvalue weighted by Gasteiger charge is 2.21. The number of para-hydroxylation sites is 1. The zero-order valence-electron chi connectivity index (χ0n) is 19.8. The number of anilines is 1. The maximum absolute atomic E-state index is 13.5. The van der Waals surface area contributed by atoms with Crippen LogP contribution in [0.4, 0.5) is 5.69 Å². The van der Waals surface area contributed by atoms with Crippen LogP contribution in [0.5, 0.6) is 11.5 Å². The predicted octanol–water partition coefficient (Wildman–Crippen LogP) is 5.29. The predicted molar refractivity (Wildman–Crippen MR) is 141 cm³/mol. The first-order valence-electron chi connectivity index (χ1n) is 11.8. The molecule has 0 N–H and O–H groups in total. The largest absolute Gasteiger partial charge is 0.486 e. The zero-order chi connectivity index (χ0) is 24.5. The van der Waals surface area contributed by atoms with Gasteiger partial charge in [-0.15, -0.1) is 10.2 Å². The summed E-state index contributed by atoms with van der Waals surface area (Å²) in [6.45, 7) is 3.56. The molecule has 0 bridgehead atoms. The number of hydrogen-bond acceptors (Lipinski definition) is 6. The molecule has 3 aromatic carbocycles. The van der Waals surface area contributed by atoms with Crippen LogP contribution in [-0.2, 0) is 11.3 Å². The first-order valence-corrected chi connectivity index (χ1v) is 12.8. The minimum atomic E-state index is -0.00197. The summed E-state index contributed by atoms with van der Waals surface area (Å²) >= 11 is 1.39. The topological polar surface area (TPSA) is 69.0 Å². The van der Waals surface area contributed by atoms with Crippen molar-refractivity contribution in [3.05, 3.63) is 90.0 Å². The molecule has 8 heteroatoms. The summed E-state index contributed by atoms with van der Waals surface area (Å²) in [5.41, 5.74) is 4.62. The molecule has 6 rings (SSSR count). The summed E-state index contributed by atoms with van der Waals surface area (Å²) in [7, 11) is 0. The van der Waals surface area contributed by atoms with E-state index in [2.05, 4.69) is 16.3 Å². The molecule has 0 fully saturated rings. The van der Waals surface area contributed by atoms with E-state index in [1.54, 1.807) is 0 Å². The van der Waals surface area contributed by atoms with Gasteiger partial charge >= 0.3 is 0 Å². The number of carbonyl (C=O) groups is 1. The van der Waals surface area contributed by atoms with Gasteiger partial charge in [-0.25, -0.2) is 0 Å². The van der Waals surface area contributed by atoms with E-state index < -0.39 is 0 Å². The van der Waals surface area contributed by atoms with E-state index in [4.69, 9.17) is 9.47 Å². The Hall–Kier alpha value is -4.04. The molecule has 7 nitrogen and oxygen atoms in total. The van der Waals surface area contributed by atoms with Crippen LogP contribution in [0, 0.1) is 6.92 Å². The number of rotatable bonds is 6. The summed E-state index contributed by atoms with van der Waals surface area (Å²) in [5.74, 6) is 1.67. The number of benzene rings is 3. The highest BCUT2D eigenvalue weighted by molar-refractivity contribution is 7.99. The Morgan fingerprint density at radius 3 is 2.39 bits per heavy atom. The monoisotopic (exact) mass is 496 g/mol. The smallest absolute Gasteiger partial charge is 0.237 e. The second-order valence-corrected chi connectivity index (χ2v) is 9.56. The van der Waals surface area contributed by atoms with Crippen LogP contribution in [0.25, 0.3) is 16.6 Å². The maximum Gasteiger partial charge on any atom is 0.237 e. The first kappa shape index (κ1) is 22.4. The van der Waals surface area contributed by atoms with E-state index in [0.717, 1.165) is 39.1 Å². The molecule has 0 atom stereocenters. The second kappa shape index (κ2) is 9.54. The Morgan fingerprint density at radius 2 is 1.64 bits per heavy atom. The van der Waals surface area contributed by atoms with Gasteiger partial charge in [0.2, 0.25) is 5.91 Å². The lowest BCUT2D eigenvalue weighted by Gasteiger charge is -2.23. The fourth-order valence-electron chi connectivity index (χ4n) is 4.44. The highest BCUT2D eigenvalue weighted by atomic mass is 32.2. The van der Waals surface area contributed by atoms with Crippen molar-refractivity contribution in [3.8, 4) is 11.5 Å². The fourth-order valence-corrected chi connectivity index (χ4v) is 5.26. The van der Waals surface area contributed by atoms with Gasteiger partial charge in [0, 0.05) is 17.1 Å². The molecule has 5 aromatic rings. The van der Waals surface area contributed by atoms with E-state index in [9.17, 15) is 4.79 Å². The molecular formula is C28H24N4O3S. The summed E-state index contributed by atoms with van der Waals surface area (Å²) in [6, 6.07) is 25.8. The summed E-state index contributed by atoms with van der Waals surface area (Å²) in [5, 5.41) is 10.5. The van der Waals surface area contributed by atoms with Crippen LogP contribution in [-0.4, -0.2) is 39.5 Å². The van der Waals surface area contributed by atoms with Gasteiger partial charge in [-0.1, -0.05) is 60.3 Å². The Kier molecular flexibility index (Phi) is 5.95. The average molecular weight is 497 g/mol. The molecule has 0 saturated heterocycles. The second-order valence-electron chi connectivity index (χ2n) is 8.61. The Labute approximate surface area is 212 Å². The van der Waals surface area contributed by atoms with Crippen molar-refractivity contribution >= 4 is 39.9 Å². The van der Waals surface area contributed by atoms with E-state index in [-0.39, 0.29) is 11.7 Å². The van der Waals surface area contributed by atoms with Gasteiger partial charge in [-0.05, 0) is 42.3 Å². The van der Waals surface area contributed by atoms with E-state index in [1.807, 2.05) is 89.0 Å². The van der Waals surface area contributed by atoms with Gasteiger partial charge < -0.3 is 14.4 Å². The molecule has 0 spiro atoms. The third kappa shape index (κ3) is 4.24. The lowest BCUT2D eigenvalue weighted by atomic mass is 10.1. The SMILES string of the molecule is Cc1cc2cc3c(cc2n2c(SCC(=O)N(Cc4ccccc4)c4ccccc4)nnc12)OCCO3. The molecule has 0 aliphatic carbocycles. The summed E-state index contributed by atoms with van der Waals surface area (Å²) < 4.78 is 13.6. The van der Waals surface area contributed by atoms with E-state index >= 15 is 0 Å². The Morgan fingerprint density at radius 1 is 0.944 bits per heavy atom. The zero-order valence-corrected chi connectivity index (χ0v) is 20.6. The lowest BCUT2D eigenvalue weighted by molar-refractivity contribution is -0.116. The number of thioether (sulfide) groups is 1. The number of ether oxygens (including phenoxy) is 2. The van der Waals surface area contributed by atoms with Crippen LogP contribution >= 0.6 is 11.8 Å². The molecule has 3 heterocycles. The van der Waals surface area contributed by atoms with Crippen LogP contribution in [0.15, 0.2) is 84.0 Å².